The van der Waals surface area contributed by atoms with Crippen molar-refractivity contribution in [1.29, 1.82) is 0 Å². The summed E-state index contributed by atoms with van der Waals surface area (Å²) in [6.45, 7) is 5.72. The van der Waals surface area contributed by atoms with Gasteiger partial charge < -0.3 is 14.0 Å². The number of ketones is 1. The fraction of sp³-hybridized carbons (Fsp3) is 0.471. The molecular weight excluding hydrogens is 266 g/mol. The SMILES string of the molecule is CC(C)Oc1ccc2c(ccn2CC(=O)C2CCOC2)c1. The number of fused-ring (bicyclic) bond motifs is 1. The van der Waals surface area contributed by atoms with Crippen molar-refractivity contribution >= 4 is 16.7 Å². The van der Waals surface area contributed by atoms with Crippen LogP contribution in [0.4, 0.5) is 0 Å². The summed E-state index contributed by atoms with van der Waals surface area (Å²) in [5, 5.41) is 1.10. The van der Waals surface area contributed by atoms with Crippen molar-refractivity contribution in [3.05, 3.63) is 30.5 Å². The second-order valence-electron chi connectivity index (χ2n) is 5.86. The van der Waals surface area contributed by atoms with Crippen LogP contribution in [0.1, 0.15) is 20.3 Å². The summed E-state index contributed by atoms with van der Waals surface area (Å²) in [6.07, 6.45) is 2.98. The van der Waals surface area contributed by atoms with Gasteiger partial charge in [0.05, 0.1) is 19.3 Å². The van der Waals surface area contributed by atoms with E-state index in [0.29, 0.717) is 19.8 Å². The molecule has 1 aromatic carbocycles. The molecule has 4 nitrogen and oxygen atoms in total. The van der Waals surface area contributed by atoms with Crippen LogP contribution in [0.2, 0.25) is 0 Å². The molecule has 4 heteroatoms. The molecule has 0 saturated carbocycles. The fourth-order valence-electron chi connectivity index (χ4n) is 2.75. The minimum atomic E-state index is 0.0611. The molecule has 0 N–H and O–H groups in total. The quantitative estimate of drug-likeness (QED) is 0.848. The number of Topliss-reactive ketones (excluding diaryl/α,β-unsaturated/α-hetero) is 1. The topological polar surface area (TPSA) is 40.5 Å². The normalized spacial score (nSPS) is 18.5. The lowest BCUT2D eigenvalue weighted by atomic mass is 10.0. The summed E-state index contributed by atoms with van der Waals surface area (Å²) < 4.78 is 13.0. The van der Waals surface area contributed by atoms with E-state index >= 15 is 0 Å². The molecule has 1 aliphatic rings. The van der Waals surface area contributed by atoms with Crippen LogP contribution >= 0.6 is 0 Å². The zero-order valence-corrected chi connectivity index (χ0v) is 12.5. The van der Waals surface area contributed by atoms with Gasteiger partial charge in [0, 0.05) is 29.6 Å². The number of nitrogens with zero attached hydrogens (tertiary/aromatic N) is 1. The first-order valence-corrected chi connectivity index (χ1v) is 7.49. The largest absolute Gasteiger partial charge is 0.491 e. The van der Waals surface area contributed by atoms with Crippen LogP contribution < -0.4 is 4.74 Å². The van der Waals surface area contributed by atoms with E-state index in [2.05, 4.69) is 0 Å². The predicted molar refractivity (Wildman–Crippen MR) is 81.6 cm³/mol. The second-order valence-corrected chi connectivity index (χ2v) is 5.86. The third-order valence-electron chi connectivity index (χ3n) is 3.83. The smallest absolute Gasteiger partial charge is 0.157 e. The number of carbonyl (C=O) groups excluding carboxylic acids is 1. The highest BCUT2D eigenvalue weighted by Gasteiger charge is 2.23. The molecular formula is C17H21NO3. The first-order valence-electron chi connectivity index (χ1n) is 7.49. The number of rotatable bonds is 5. The molecule has 2 heterocycles. The van der Waals surface area contributed by atoms with E-state index in [1.54, 1.807) is 0 Å². The van der Waals surface area contributed by atoms with Crippen LogP contribution in [0.3, 0.4) is 0 Å². The Hall–Kier alpha value is -1.81. The number of hydrogen-bond acceptors (Lipinski definition) is 3. The van der Waals surface area contributed by atoms with Gasteiger partial charge in [-0.15, -0.1) is 0 Å². The van der Waals surface area contributed by atoms with Crippen molar-refractivity contribution in [3.63, 3.8) is 0 Å². The zero-order chi connectivity index (χ0) is 14.8. The van der Waals surface area contributed by atoms with E-state index in [4.69, 9.17) is 9.47 Å². The zero-order valence-electron chi connectivity index (χ0n) is 12.5. The monoisotopic (exact) mass is 287 g/mol. The Morgan fingerprint density at radius 1 is 1.43 bits per heavy atom. The van der Waals surface area contributed by atoms with Gasteiger partial charge in [-0.2, -0.15) is 0 Å². The van der Waals surface area contributed by atoms with Gasteiger partial charge in [0.15, 0.2) is 5.78 Å². The van der Waals surface area contributed by atoms with E-state index in [1.165, 1.54) is 0 Å². The Balaban J connectivity index is 1.78. The summed E-state index contributed by atoms with van der Waals surface area (Å²) in [6, 6.07) is 8.03. The Kier molecular flexibility index (Phi) is 3.97. The summed E-state index contributed by atoms with van der Waals surface area (Å²) >= 11 is 0. The van der Waals surface area contributed by atoms with Crippen LogP contribution in [0, 0.1) is 5.92 Å². The van der Waals surface area contributed by atoms with Gasteiger partial charge in [0.25, 0.3) is 0 Å². The number of benzene rings is 1. The Bertz CT molecular complexity index is 639. The van der Waals surface area contributed by atoms with Crippen molar-refractivity contribution < 1.29 is 14.3 Å². The number of hydrogen-bond donors (Lipinski definition) is 0. The highest BCUT2D eigenvalue weighted by atomic mass is 16.5. The van der Waals surface area contributed by atoms with Crippen LogP contribution in [0.15, 0.2) is 30.5 Å². The maximum Gasteiger partial charge on any atom is 0.157 e. The van der Waals surface area contributed by atoms with Gasteiger partial charge in [-0.05, 0) is 44.5 Å². The molecule has 1 atom stereocenters. The minimum absolute atomic E-state index is 0.0611. The highest BCUT2D eigenvalue weighted by Crippen LogP contribution is 2.24. The number of ether oxygens (including phenoxy) is 2. The first kappa shape index (κ1) is 14.1. The maximum atomic E-state index is 12.2. The van der Waals surface area contributed by atoms with E-state index in [-0.39, 0.29) is 17.8 Å². The molecule has 21 heavy (non-hydrogen) atoms. The molecule has 1 aliphatic heterocycles. The van der Waals surface area contributed by atoms with Crippen LogP contribution in [0.5, 0.6) is 5.75 Å². The third kappa shape index (κ3) is 3.10. The lowest BCUT2D eigenvalue weighted by molar-refractivity contribution is -0.123. The summed E-state index contributed by atoms with van der Waals surface area (Å²) in [4.78, 5) is 12.2. The third-order valence-corrected chi connectivity index (χ3v) is 3.83. The molecule has 0 spiro atoms. The number of carbonyl (C=O) groups is 1. The molecule has 1 saturated heterocycles. The van der Waals surface area contributed by atoms with Gasteiger partial charge in [0.2, 0.25) is 0 Å². The van der Waals surface area contributed by atoms with E-state index in [1.807, 2.05) is 48.9 Å². The molecule has 2 aromatic rings. The summed E-state index contributed by atoms with van der Waals surface area (Å²) in [5.74, 6) is 1.18. The van der Waals surface area contributed by atoms with Crippen LogP contribution in [-0.2, 0) is 16.1 Å². The summed E-state index contributed by atoms with van der Waals surface area (Å²) in [5.41, 5.74) is 1.07. The minimum Gasteiger partial charge on any atom is -0.491 e. The summed E-state index contributed by atoms with van der Waals surface area (Å²) in [7, 11) is 0. The standard InChI is InChI=1S/C17H21NO3/c1-12(2)21-15-3-4-16-13(9-15)5-7-18(16)10-17(19)14-6-8-20-11-14/h3-5,7,9,12,14H,6,8,10-11H2,1-2H3. The molecule has 1 unspecified atom stereocenters. The van der Waals surface area contributed by atoms with Crippen molar-refractivity contribution in [2.75, 3.05) is 13.2 Å². The molecule has 0 aliphatic carbocycles. The fourth-order valence-corrected chi connectivity index (χ4v) is 2.75. The van der Waals surface area contributed by atoms with Crippen molar-refractivity contribution in [2.45, 2.75) is 32.9 Å². The molecule has 0 amide bonds. The van der Waals surface area contributed by atoms with Gasteiger partial charge in [-0.25, -0.2) is 0 Å². The molecule has 0 radical (unpaired) electrons. The Morgan fingerprint density at radius 2 is 2.29 bits per heavy atom. The van der Waals surface area contributed by atoms with Crippen molar-refractivity contribution in [2.24, 2.45) is 5.92 Å². The van der Waals surface area contributed by atoms with E-state index < -0.39 is 0 Å². The molecule has 1 fully saturated rings. The van der Waals surface area contributed by atoms with Gasteiger partial charge >= 0.3 is 0 Å². The highest BCUT2D eigenvalue weighted by molar-refractivity contribution is 5.86. The van der Waals surface area contributed by atoms with Gasteiger partial charge in [-0.1, -0.05) is 0 Å². The van der Waals surface area contributed by atoms with Gasteiger partial charge in [0.1, 0.15) is 5.75 Å². The number of aromatic nitrogens is 1. The first-order chi connectivity index (χ1) is 10.1. The average Bonchev–Trinajstić information content (AvgIpc) is 3.07. The van der Waals surface area contributed by atoms with E-state index in [9.17, 15) is 4.79 Å². The van der Waals surface area contributed by atoms with Crippen LogP contribution in [0.25, 0.3) is 10.9 Å². The van der Waals surface area contributed by atoms with E-state index in [0.717, 1.165) is 23.1 Å². The Labute approximate surface area is 124 Å². The maximum absolute atomic E-state index is 12.2. The van der Waals surface area contributed by atoms with Crippen LogP contribution in [-0.4, -0.2) is 29.7 Å². The lowest BCUT2D eigenvalue weighted by Gasteiger charge is -2.11. The molecule has 1 aromatic heterocycles. The Morgan fingerprint density at radius 3 is 3.00 bits per heavy atom. The predicted octanol–water partition coefficient (Wildman–Crippen LogP) is 3.03. The molecule has 112 valence electrons. The average molecular weight is 287 g/mol. The van der Waals surface area contributed by atoms with Gasteiger partial charge in [-0.3, -0.25) is 4.79 Å². The lowest BCUT2D eigenvalue weighted by Crippen LogP contribution is -2.19. The second kappa shape index (κ2) is 5.90. The van der Waals surface area contributed by atoms with Crippen molar-refractivity contribution in [3.8, 4) is 5.75 Å². The van der Waals surface area contributed by atoms with Crippen molar-refractivity contribution in [1.82, 2.24) is 4.57 Å². The molecule has 3 rings (SSSR count). The molecule has 0 bridgehead atoms.